The molecule has 1 aromatic carbocycles. The van der Waals surface area contributed by atoms with Gasteiger partial charge in [0.1, 0.15) is 0 Å². The van der Waals surface area contributed by atoms with Gasteiger partial charge in [-0.25, -0.2) is 0 Å². The molecule has 1 amide bonds. The van der Waals surface area contributed by atoms with Crippen LogP contribution >= 0.6 is 15.9 Å². The molecule has 0 N–H and O–H groups in total. The molecule has 0 aliphatic carbocycles. The third-order valence-electron chi connectivity index (χ3n) is 3.79. The first-order chi connectivity index (χ1) is 9.97. The third kappa shape index (κ3) is 2.63. The molecule has 0 spiro atoms. The number of benzene rings is 1. The molecule has 1 aromatic rings. The zero-order valence-electron chi connectivity index (χ0n) is 12.0. The summed E-state index contributed by atoms with van der Waals surface area (Å²) < 4.78 is 6.37. The lowest BCUT2D eigenvalue weighted by Crippen LogP contribution is -2.50. The molecule has 2 aliphatic rings. The molecule has 6 heteroatoms. The summed E-state index contributed by atoms with van der Waals surface area (Å²) >= 11 is 3.35. The van der Waals surface area contributed by atoms with E-state index in [0.717, 1.165) is 13.1 Å². The smallest absolute Gasteiger partial charge is 0.300 e. The molecular weight excluding hydrogens is 336 g/mol. The van der Waals surface area contributed by atoms with Crippen LogP contribution in [-0.4, -0.2) is 48.6 Å². The molecular formula is C15H17BrN2O3. The van der Waals surface area contributed by atoms with Crippen molar-refractivity contribution in [2.75, 3.05) is 24.7 Å². The number of hydrogen-bond donors (Lipinski definition) is 0. The number of ether oxygens (including phenoxy) is 1. The number of amides is 1. The fraction of sp³-hybridized carbons (Fsp3) is 0.467. The summed E-state index contributed by atoms with van der Waals surface area (Å²) in [7, 11) is 0. The van der Waals surface area contributed by atoms with Crippen molar-refractivity contribution in [3.63, 3.8) is 0 Å². The van der Waals surface area contributed by atoms with Gasteiger partial charge < -0.3 is 4.74 Å². The van der Waals surface area contributed by atoms with E-state index in [2.05, 4.69) is 20.8 Å². The average molecular weight is 353 g/mol. The predicted octanol–water partition coefficient (Wildman–Crippen LogP) is 2.05. The monoisotopic (exact) mass is 352 g/mol. The van der Waals surface area contributed by atoms with Gasteiger partial charge in [-0.05, 0) is 41.9 Å². The Morgan fingerprint density at radius 2 is 1.90 bits per heavy atom. The van der Waals surface area contributed by atoms with Gasteiger partial charge in [0.05, 0.1) is 30.1 Å². The van der Waals surface area contributed by atoms with E-state index < -0.39 is 11.7 Å². The highest BCUT2D eigenvalue weighted by molar-refractivity contribution is 9.10. The van der Waals surface area contributed by atoms with Crippen LogP contribution in [0.5, 0.6) is 0 Å². The van der Waals surface area contributed by atoms with Gasteiger partial charge in [0.2, 0.25) is 0 Å². The van der Waals surface area contributed by atoms with Crippen LogP contribution in [0, 0.1) is 0 Å². The minimum absolute atomic E-state index is 0.129. The molecule has 1 saturated heterocycles. The van der Waals surface area contributed by atoms with Gasteiger partial charge in [-0.15, -0.1) is 0 Å². The highest BCUT2D eigenvalue weighted by Gasteiger charge is 2.38. The highest BCUT2D eigenvalue weighted by Crippen LogP contribution is 2.34. The van der Waals surface area contributed by atoms with Gasteiger partial charge in [-0.2, -0.15) is 0 Å². The van der Waals surface area contributed by atoms with Gasteiger partial charge in [-0.3, -0.25) is 19.4 Å². The molecule has 1 fully saturated rings. The minimum atomic E-state index is -0.455. The maximum atomic E-state index is 12.2. The van der Waals surface area contributed by atoms with Crippen molar-refractivity contribution in [1.82, 2.24) is 4.90 Å². The Labute approximate surface area is 132 Å². The van der Waals surface area contributed by atoms with E-state index in [9.17, 15) is 9.59 Å². The van der Waals surface area contributed by atoms with Crippen molar-refractivity contribution in [1.29, 1.82) is 0 Å². The Morgan fingerprint density at radius 1 is 1.24 bits per heavy atom. The van der Waals surface area contributed by atoms with E-state index in [0.29, 0.717) is 22.4 Å². The van der Waals surface area contributed by atoms with Crippen LogP contribution in [-0.2, 0) is 9.53 Å². The number of nitrogens with zero attached hydrogens (tertiary/aromatic N) is 2. The first-order valence-corrected chi connectivity index (χ1v) is 7.79. The Bertz CT molecular complexity index is 595. The van der Waals surface area contributed by atoms with Crippen molar-refractivity contribution in [3.05, 3.63) is 28.2 Å². The van der Waals surface area contributed by atoms with Crippen molar-refractivity contribution in [2.24, 2.45) is 0 Å². The fourth-order valence-electron chi connectivity index (χ4n) is 3.04. The average Bonchev–Trinajstić information content (AvgIpc) is 2.64. The summed E-state index contributed by atoms with van der Waals surface area (Å²) in [5.74, 6) is -0.893. The number of hydrogen-bond acceptors (Lipinski definition) is 4. The summed E-state index contributed by atoms with van der Waals surface area (Å²) in [6, 6.07) is 5.44. The lowest BCUT2D eigenvalue weighted by molar-refractivity contribution is -0.115. The molecule has 0 aromatic heterocycles. The van der Waals surface area contributed by atoms with Crippen LogP contribution in [0.25, 0.3) is 0 Å². The molecule has 0 saturated carbocycles. The van der Waals surface area contributed by atoms with Crippen LogP contribution in [0.1, 0.15) is 24.2 Å². The number of halogens is 1. The second-order valence-corrected chi connectivity index (χ2v) is 6.49. The van der Waals surface area contributed by atoms with Crippen molar-refractivity contribution in [2.45, 2.75) is 26.1 Å². The lowest BCUT2D eigenvalue weighted by atomic mass is 10.1. The first kappa shape index (κ1) is 14.7. The maximum Gasteiger partial charge on any atom is 0.300 e. The van der Waals surface area contributed by atoms with Gasteiger partial charge in [0.25, 0.3) is 5.78 Å². The molecule has 112 valence electrons. The van der Waals surface area contributed by atoms with Crippen LogP contribution < -0.4 is 4.90 Å². The Hall–Kier alpha value is -1.24. The standard InChI is InChI=1S/C15H17BrN2O3/c1-9-6-17(7-10(2)21-9)8-18-12-5-3-4-11(16)13(12)14(19)15(18)20/h3-5,9-10H,6-8H2,1-2H3. The number of carbonyl (C=O) groups excluding carboxylic acids is 2. The third-order valence-corrected chi connectivity index (χ3v) is 4.45. The van der Waals surface area contributed by atoms with Crippen molar-refractivity contribution < 1.29 is 14.3 Å². The second kappa shape index (κ2) is 5.51. The van der Waals surface area contributed by atoms with Gasteiger partial charge in [-0.1, -0.05) is 6.07 Å². The molecule has 0 bridgehead atoms. The zero-order valence-corrected chi connectivity index (χ0v) is 13.6. The summed E-state index contributed by atoms with van der Waals surface area (Å²) in [6.45, 7) is 5.97. The lowest BCUT2D eigenvalue weighted by Gasteiger charge is -2.37. The summed E-state index contributed by atoms with van der Waals surface area (Å²) in [4.78, 5) is 28.1. The largest absolute Gasteiger partial charge is 0.373 e. The first-order valence-electron chi connectivity index (χ1n) is 7.00. The number of morpholine rings is 1. The minimum Gasteiger partial charge on any atom is -0.373 e. The van der Waals surface area contributed by atoms with E-state index in [4.69, 9.17) is 4.74 Å². The number of carbonyl (C=O) groups is 2. The summed E-state index contributed by atoms with van der Waals surface area (Å²) in [5.41, 5.74) is 1.16. The molecule has 0 radical (unpaired) electrons. The van der Waals surface area contributed by atoms with E-state index >= 15 is 0 Å². The normalized spacial score (nSPS) is 26.3. The van der Waals surface area contributed by atoms with Crippen molar-refractivity contribution >= 4 is 33.3 Å². The molecule has 3 rings (SSSR count). The van der Waals surface area contributed by atoms with Crippen LogP contribution in [0.15, 0.2) is 22.7 Å². The van der Waals surface area contributed by atoms with E-state index in [-0.39, 0.29) is 12.2 Å². The number of fused-ring (bicyclic) bond motifs is 1. The van der Waals surface area contributed by atoms with Crippen molar-refractivity contribution in [3.8, 4) is 0 Å². The van der Waals surface area contributed by atoms with Gasteiger partial charge in [0.15, 0.2) is 0 Å². The van der Waals surface area contributed by atoms with Crippen LogP contribution in [0.2, 0.25) is 0 Å². The molecule has 5 nitrogen and oxygen atoms in total. The molecule has 2 unspecified atom stereocenters. The van der Waals surface area contributed by atoms with Gasteiger partial charge in [0, 0.05) is 17.6 Å². The number of rotatable bonds is 2. The highest BCUT2D eigenvalue weighted by atomic mass is 79.9. The zero-order chi connectivity index (χ0) is 15.1. The maximum absolute atomic E-state index is 12.2. The van der Waals surface area contributed by atoms with E-state index in [1.807, 2.05) is 26.0 Å². The number of ketones is 1. The molecule has 2 heterocycles. The summed E-state index contributed by atoms with van der Waals surface area (Å²) in [6.07, 6.45) is 0.258. The quantitative estimate of drug-likeness (QED) is 0.764. The van der Waals surface area contributed by atoms with E-state index in [1.54, 1.807) is 11.0 Å². The molecule has 21 heavy (non-hydrogen) atoms. The Morgan fingerprint density at radius 3 is 2.57 bits per heavy atom. The van der Waals surface area contributed by atoms with Crippen LogP contribution in [0.3, 0.4) is 0 Å². The number of anilines is 1. The fourth-order valence-corrected chi connectivity index (χ4v) is 3.58. The second-order valence-electron chi connectivity index (χ2n) is 5.63. The SMILES string of the molecule is CC1CN(CN2C(=O)C(=O)c3c(Br)cccc32)CC(C)O1. The Balaban J connectivity index is 1.85. The summed E-state index contributed by atoms with van der Waals surface area (Å²) in [5, 5.41) is 0. The van der Waals surface area contributed by atoms with Crippen LogP contribution in [0.4, 0.5) is 5.69 Å². The van der Waals surface area contributed by atoms with Gasteiger partial charge >= 0.3 is 5.91 Å². The topological polar surface area (TPSA) is 49.9 Å². The molecule has 2 atom stereocenters. The predicted molar refractivity (Wildman–Crippen MR) is 82.4 cm³/mol. The number of Topliss-reactive ketones (excluding diaryl/α,β-unsaturated/α-hetero) is 1. The molecule has 2 aliphatic heterocycles. The van der Waals surface area contributed by atoms with E-state index in [1.165, 1.54) is 0 Å². The Kier molecular flexibility index (Phi) is 3.86.